The number of nitrogens with zero attached hydrogens (tertiary/aromatic N) is 1. The highest BCUT2D eigenvalue weighted by Gasteiger charge is 2.77. The molecule has 0 saturated heterocycles. The standard InChI is InChI=1S/C12H11F6NO3/c1-9(2,7-3-5-19-6-4-7)22-8(20)10(21,11(13,14)15)12(16,17)18/h3-6,21H,1-2H3. The van der Waals surface area contributed by atoms with Crippen LogP contribution in [0.3, 0.4) is 0 Å². The smallest absolute Gasteiger partial charge is 0.437 e. The molecule has 1 heterocycles. The fourth-order valence-corrected chi connectivity index (χ4v) is 1.51. The van der Waals surface area contributed by atoms with E-state index in [1.54, 1.807) is 0 Å². The molecule has 1 N–H and O–H groups in total. The molecule has 1 rings (SSSR count). The topological polar surface area (TPSA) is 59.4 Å². The summed E-state index contributed by atoms with van der Waals surface area (Å²) < 4.78 is 79.6. The minimum atomic E-state index is -6.28. The molecular weight excluding hydrogens is 320 g/mol. The van der Waals surface area contributed by atoms with Gasteiger partial charge in [0.15, 0.2) is 0 Å². The quantitative estimate of drug-likeness (QED) is 0.683. The Morgan fingerprint density at radius 3 is 1.82 bits per heavy atom. The first-order valence-electron chi connectivity index (χ1n) is 5.73. The summed E-state index contributed by atoms with van der Waals surface area (Å²) in [5, 5.41) is 8.93. The average molecular weight is 331 g/mol. The zero-order chi connectivity index (χ0) is 17.4. The Bertz CT molecular complexity index is 524. The summed E-state index contributed by atoms with van der Waals surface area (Å²) in [6.45, 7) is 2.15. The Balaban J connectivity index is 3.19. The van der Waals surface area contributed by atoms with Gasteiger partial charge in [-0.15, -0.1) is 0 Å². The van der Waals surface area contributed by atoms with Crippen molar-refractivity contribution in [3.05, 3.63) is 30.1 Å². The van der Waals surface area contributed by atoms with Crippen LogP contribution >= 0.6 is 0 Å². The zero-order valence-electron chi connectivity index (χ0n) is 11.3. The number of alkyl halides is 6. The lowest BCUT2D eigenvalue weighted by molar-refractivity contribution is -0.359. The first-order valence-corrected chi connectivity index (χ1v) is 5.73. The molecule has 0 aliphatic rings. The summed E-state index contributed by atoms with van der Waals surface area (Å²) in [7, 11) is 0. The van der Waals surface area contributed by atoms with Gasteiger partial charge in [-0.05, 0) is 31.5 Å². The summed E-state index contributed by atoms with van der Waals surface area (Å²) in [5.74, 6) is -2.85. The monoisotopic (exact) mass is 331 g/mol. The molecule has 0 aromatic carbocycles. The van der Waals surface area contributed by atoms with Crippen LogP contribution in [-0.4, -0.2) is 34.0 Å². The normalized spacial score (nSPS) is 13.9. The van der Waals surface area contributed by atoms with E-state index in [9.17, 15) is 31.1 Å². The molecule has 0 aliphatic heterocycles. The van der Waals surface area contributed by atoms with Crippen molar-refractivity contribution in [1.82, 2.24) is 4.98 Å². The number of rotatable bonds is 3. The van der Waals surface area contributed by atoms with Crippen molar-refractivity contribution in [1.29, 1.82) is 0 Å². The minimum absolute atomic E-state index is 0.0996. The van der Waals surface area contributed by atoms with E-state index in [0.717, 1.165) is 13.8 Å². The van der Waals surface area contributed by atoms with Crippen LogP contribution in [0.25, 0.3) is 0 Å². The number of hydrogen-bond donors (Lipinski definition) is 1. The van der Waals surface area contributed by atoms with Gasteiger partial charge in [-0.1, -0.05) is 0 Å². The molecule has 1 aromatic rings. The molecule has 0 aliphatic carbocycles. The summed E-state index contributed by atoms with van der Waals surface area (Å²) >= 11 is 0. The SMILES string of the molecule is CC(C)(OC(=O)C(O)(C(F)(F)F)C(F)(F)F)c1ccncc1. The molecule has 22 heavy (non-hydrogen) atoms. The third-order valence-corrected chi connectivity index (χ3v) is 2.84. The van der Waals surface area contributed by atoms with E-state index in [-0.39, 0.29) is 5.56 Å². The fraction of sp³-hybridized carbons (Fsp3) is 0.500. The molecule has 0 bridgehead atoms. The van der Waals surface area contributed by atoms with Crippen LogP contribution < -0.4 is 0 Å². The predicted octanol–water partition coefficient (Wildman–Crippen LogP) is 2.72. The van der Waals surface area contributed by atoms with Crippen LogP contribution in [0.15, 0.2) is 24.5 Å². The summed E-state index contributed by atoms with van der Waals surface area (Å²) in [6, 6.07) is 2.49. The van der Waals surface area contributed by atoms with Gasteiger partial charge in [0, 0.05) is 12.4 Å². The van der Waals surface area contributed by atoms with Crippen LogP contribution in [-0.2, 0) is 15.1 Å². The molecule has 0 saturated carbocycles. The molecular formula is C12H11F6NO3. The van der Waals surface area contributed by atoms with Crippen LogP contribution in [0.1, 0.15) is 19.4 Å². The van der Waals surface area contributed by atoms with Gasteiger partial charge >= 0.3 is 23.9 Å². The lowest BCUT2D eigenvalue weighted by Gasteiger charge is -2.34. The van der Waals surface area contributed by atoms with Crippen LogP contribution in [0.4, 0.5) is 26.3 Å². The number of carbonyl (C=O) groups excluding carboxylic acids is 1. The van der Waals surface area contributed by atoms with Gasteiger partial charge in [-0.2, -0.15) is 26.3 Å². The molecule has 1 aromatic heterocycles. The second-order valence-corrected chi connectivity index (χ2v) is 4.84. The number of esters is 1. The molecule has 124 valence electrons. The summed E-state index contributed by atoms with van der Waals surface area (Å²) in [6.07, 6.45) is -10.1. The average Bonchev–Trinajstić information content (AvgIpc) is 2.35. The molecule has 0 atom stereocenters. The van der Waals surface area contributed by atoms with Gasteiger partial charge in [-0.3, -0.25) is 4.98 Å². The van der Waals surface area contributed by atoms with E-state index < -0.39 is 29.5 Å². The molecule has 0 fully saturated rings. The van der Waals surface area contributed by atoms with Crippen molar-refractivity contribution in [2.45, 2.75) is 37.4 Å². The molecule has 0 unspecified atom stereocenters. The minimum Gasteiger partial charge on any atom is -0.452 e. The first kappa shape index (κ1) is 18.2. The number of ether oxygens (including phenoxy) is 1. The van der Waals surface area contributed by atoms with Gasteiger partial charge < -0.3 is 9.84 Å². The fourth-order valence-electron chi connectivity index (χ4n) is 1.51. The lowest BCUT2D eigenvalue weighted by atomic mass is 9.97. The summed E-state index contributed by atoms with van der Waals surface area (Å²) in [4.78, 5) is 15.0. The number of carbonyl (C=O) groups is 1. The van der Waals surface area contributed by atoms with E-state index in [1.165, 1.54) is 24.5 Å². The van der Waals surface area contributed by atoms with Gasteiger partial charge in [-0.25, -0.2) is 4.79 Å². The maximum Gasteiger partial charge on any atom is 0.437 e. The Morgan fingerprint density at radius 1 is 1.05 bits per heavy atom. The van der Waals surface area contributed by atoms with Crippen LogP contribution in [0.2, 0.25) is 0 Å². The maximum atomic E-state index is 12.5. The molecule has 0 spiro atoms. The Hall–Kier alpha value is -1.84. The Labute approximate surface area is 120 Å². The number of halogens is 6. The van der Waals surface area contributed by atoms with Crippen molar-refractivity contribution in [3.63, 3.8) is 0 Å². The van der Waals surface area contributed by atoms with Gasteiger partial charge in [0.2, 0.25) is 0 Å². The third kappa shape index (κ3) is 3.16. The van der Waals surface area contributed by atoms with Crippen molar-refractivity contribution in [3.8, 4) is 0 Å². The maximum absolute atomic E-state index is 12.5. The van der Waals surface area contributed by atoms with Crippen molar-refractivity contribution >= 4 is 5.97 Å². The molecule has 0 amide bonds. The molecule has 10 heteroatoms. The number of aliphatic hydroxyl groups is 1. The van der Waals surface area contributed by atoms with Gasteiger partial charge in [0.05, 0.1) is 0 Å². The number of aromatic nitrogens is 1. The second-order valence-electron chi connectivity index (χ2n) is 4.84. The highest BCUT2D eigenvalue weighted by Crippen LogP contribution is 2.45. The van der Waals surface area contributed by atoms with E-state index in [0.29, 0.717) is 0 Å². The van der Waals surface area contributed by atoms with Crippen molar-refractivity contribution in [2.75, 3.05) is 0 Å². The zero-order valence-corrected chi connectivity index (χ0v) is 11.3. The lowest BCUT2D eigenvalue weighted by Crippen LogP contribution is -2.63. The largest absolute Gasteiger partial charge is 0.452 e. The Morgan fingerprint density at radius 2 is 1.45 bits per heavy atom. The highest BCUT2D eigenvalue weighted by molar-refractivity contribution is 5.82. The predicted molar refractivity (Wildman–Crippen MR) is 60.4 cm³/mol. The third-order valence-electron chi connectivity index (χ3n) is 2.84. The van der Waals surface area contributed by atoms with Gasteiger partial charge in [0.1, 0.15) is 5.60 Å². The Kier molecular flexibility index (Phi) is 4.48. The van der Waals surface area contributed by atoms with E-state index >= 15 is 0 Å². The van der Waals surface area contributed by atoms with E-state index in [1.807, 2.05) is 0 Å². The summed E-state index contributed by atoms with van der Waals surface area (Å²) in [5.41, 5.74) is -7.35. The number of hydrogen-bond acceptors (Lipinski definition) is 4. The number of pyridine rings is 1. The molecule has 4 nitrogen and oxygen atoms in total. The van der Waals surface area contributed by atoms with E-state index in [2.05, 4.69) is 9.72 Å². The van der Waals surface area contributed by atoms with Gasteiger partial charge in [0.25, 0.3) is 0 Å². The van der Waals surface area contributed by atoms with Crippen molar-refractivity contribution < 1.29 is 41.0 Å². The highest BCUT2D eigenvalue weighted by atomic mass is 19.4. The second kappa shape index (κ2) is 5.41. The van der Waals surface area contributed by atoms with Crippen LogP contribution in [0, 0.1) is 0 Å². The van der Waals surface area contributed by atoms with Crippen molar-refractivity contribution in [2.24, 2.45) is 0 Å². The molecule has 0 radical (unpaired) electrons. The first-order chi connectivity index (χ1) is 9.73. The van der Waals surface area contributed by atoms with Crippen LogP contribution in [0.5, 0.6) is 0 Å². The van der Waals surface area contributed by atoms with E-state index in [4.69, 9.17) is 5.11 Å².